The molecule has 1 N–H and O–H groups in total. The molecule has 0 spiro atoms. The summed E-state index contributed by atoms with van der Waals surface area (Å²) in [6.45, 7) is 8.37. The van der Waals surface area contributed by atoms with Crippen molar-refractivity contribution in [2.24, 2.45) is 5.92 Å². The molecule has 1 aromatic carbocycles. The Hall–Kier alpha value is -1.88. The maximum Gasteiger partial charge on any atom is 0.254 e. The van der Waals surface area contributed by atoms with Crippen LogP contribution in [0.3, 0.4) is 0 Å². The first-order valence-corrected chi connectivity index (χ1v) is 10.4. The van der Waals surface area contributed by atoms with Crippen LogP contribution in [0, 0.1) is 5.92 Å². The fourth-order valence-corrected chi connectivity index (χ4v) is 4.27. The second-order valence-electron chi connectivity index (χ2n) is 8.35. The lowest BCUT2D eigenvalue weighted by molar-refractivity contribution is -0.127. The highest BCUT2D eigenvalue weighted by molar-refractivity contribution is 5.97. The topological polar surface area (TPSA) is 52.7 Å². The molecular formula is C22H33N3O2. The summed E-state index contributed by atoms with van der Waals surface area (Å²) in [5.41, 5.74) is 0.666. The first kappa shape index (κ1) is 19.9. The summed E-state index contributed by atoms with van der Waals surface area (Å²) >= 11 is 0. The third-order valence-corrected chi connectivity index (χ3v) is 5.64. The van der Waals surface area contributed by atoms with Crippen molar-refractivity contribution in [1.29, 1.82) is 0 Å². The lowest BCUT2D eigenvalue weighted by Crippen LogP contribution is -2.55. The van der Waals surface area contributed by atoms with Gasteiger partial charge in [0.15, 0.2) is 0 Å². The molecule has 148 valence electrons. The zero-order valence-corrected chi connectivity index (χ0v) is 16.7. The minimum Gasteiger partial charge on any atom is -0.351 e. The fraction of sp³-hybridized carbons (Fsp3) is 0.636. The summed E-state index contributed by atoms with van der Waals surface area (Å²) in [5.74, 6) is 0.680. The summed E-state index contributed by atoms with van der Waals surface area (Å²) in [7, 11) is 0. The van der Waals surface area contributed by atoms with Gasteiger partial charge in [-0.25, -0.2) is 0 Å². The molecule has 2 aliphatic rings. The number of piperidine rings is 2. The number of carbonyl (C=O) groups is 2. The van der Waals surface area contributed by atoms with Crippen molar-refractivity contribution in [3.05, 3.63) is 35.9 Å². The van der Waals surface area contributed by atoms with Gasteiger partial charge in [-0.1, -0.05) is 32.0 Å². The van der Waals surface area contributed by atoms with Crippen LogP contribution in [0.2, 0.25) is 0 Å². The molecule has 2 fully saturated rings. The van der Waals surface area contributed by atoms with E-state index in [1.54, 1.807) is 4.90 Å². The number of benzene rings is 1. The van der Waals surface area contributed by atoms with Crippen LogP contribution in [-0.2, 0) is 4.79 Å². The number of hydrogen-bond acceptors (Lipinski definition) is 3. The Morgan fingerprint density at radius 3 is 2.41 bits per heavy atom. The van der Waals surface area contributed by atoms with Gasteiger partial charge in [0.2, 0.25) is 5.91 Å². The van der Waals surface area contributed by atoms with Gasteiger partial charge in [0.1, 0.15) is 6.04 Å². The van der Waals surface area contributed by atoms with Gasteiger partial charge in [0, 0.05) is 37.8 Å². The molecule has 1 atom stereocenters. The smallest absolute Gasteiger partial charge is 0.254 e. The molecule has 0 saturated carbocycles. The first-order chi connectivity index (χ1) is 13.0. The Morgan fingerprint density at radius 1 is 1.04 bits per heavy atom. The van der Waals surface area contributed by atoms with E-state index in [2.05, 4.69) is 24.1 Å². The Bertz CT molecular complexity index is 624. The van der Waals surface area contributed by atoms with Crippen molar-refractivity contribution in [2.45, 2.75) is 58.0 Å². The molecule has 2 heterocycles. The second-order valence-corrected chi connectivity index (χ2v) is 8.35. The standard InChI is InChI=1S/C22H33N3O2/c1-17(2)16-24-14-11-19(12-15-24)23-21(26)20-10-6-7-13-25(20)22(27)18-8-4-3-5-9-18/h3-5,8-9,17,19-20H,6-7,10-16H2,1-2H3,(H,23,26). The Morgan fingerprint density at radius 2 is 1.74 bits per heavy atom. The number of likely N-dealkylation sites (tertiary alicyclic amines) is 2. The van der Waals surface area contributed by atoms with E-state index in [4.69, 9.17) is 0 Å². The molecule has 2 saturated heterocycles. The predicted octanol–water partition coefficient (Wildman–Crippen LogP) is 2.92. The van der Waals surface area contributed by atoms with Crippen LogP contribution in [0.4, 0.5) is 0 Å². The fourth-order valence-electron chi connectivity index (χ4n) is 4.27. The summed E-state index contributed by atoms with van der Waals surface area (Å²) in [5, 5.41) is 3.24. The number of carbonyl (C=O) groups excluding carboxylic acids is 2. The van der Waals surface area contributed by atoms with E-state index in [-0.39, 0.29) is 23.9 Å². The minimum atomic E-state index is -0.333. The molecule has 3 rings (SSSR count). The molecule has 5 heteroatoms. The molecular weight excluding hydrogens is 338 g/mol. The van der Waals surface area contributed by atoms with Crippen LogP contribution in [0.15, 0.2) is 30.3 Å². The molecule has 2 amide bonds. The molecule has 0 aliphatic carbocycles. The molecule has 0 radical (unpaired) electrons. The summed E-state index contributed by atoms with van der Waals surface area (Å²) < 4.78 is 0. The summed E-state index contributed by atoms with van der Waals surface area (Å²) in [6.07, 6.45) is 4.73. The average molecular weight is 372 g/mol. The lowest BCUT2D eigenvalue weighted by atomic mass is 9.98. The lowest BCUT2D eigenvalue weighted by Gasteiger charge is -2.37. The molecule has 0 aromatic heterocycles. The maximum atomic E-state index is 13.0. The summed E-state index contributed by atoms with van der Waals surface area (Å²) in [4.78, 5) is 30.1. The number of hydrogen-bond donors (Lipinski definition) is 1. The van der Waals surface area contributed by atoms with E-state index in [9.17, 15) is 9.59 Å². The molecule has 5 nitrogen and oxygen atoms in total. The van der Waals surface area contributed by atoms with E-state index in [0.717, 1.165) is 51.7 Å². The van der Waals surface area contributed by atoms with Crippen molar-refractivity contribution in [2.75, 3.05) is 26.2 Å². The SMILES string of the molecule is CC(C)CN1CCC(NC(=O)C2CCCCN2C(=O)c2ccccc2)CC1. The minimum absolute atomic E-state index is 0.0257. The van der Waals surface area contributed by atoms with Crippen LogP contribution < -0.4 is 5.32 Å². The maximum absolute atomic E-state index is 13.0. The van der Waals surface area contributed by atoms with E-state index >= 15 is 0 Å². The van der Waals surface area contributed by atoms with Gasteiger partial charge >= 0.3 is 0 Å². The van der Waals surface area contributed by atoms with Crippen LogP contribution in [0.25, 0.3) is 0 Å². The third-order valence-electron chi connectivity index (χ3n) is 5.64. The van der Waals surface area contributed by atoms with Gasteiger partial charge in [0.05, 0.1) is 0 Å². The van der Waals surface area contributed by atoms with E-state index in [0.29, 0.717) is 18.0 Å². The number of rotatable bonds is 5. The Labute approximate surface area is 163 Å². The van der Waals surface area contributed by atoms with Gasteiger partial charge in [-0.05, 0) is 50.2 Å². The molecule has 0 bridgehead atoms. The van der Waals surface area contributed by atoms with Crippen molar-refractivity contribution < 1.29 is 9.59 Å². The van der Waals surface area contributed by atoms with Gasteiger partial charge in [-0.15, -0.1) is 0 Å². The highest BCUT2D eigenvalue weighted by atomic mass is 16.2. The van der Waals surface area contributed by atoms with Crippen molar-refractivity contribution in [3.63, 3.8) is 0 Å². The number of nitrogens with one attached hydrogen (secondary N) is 1. The van der Waals surface area contributed by atoms with Gasteiger partial charge in [-0.3, -0.25) is 9.59 Å². The Kier molecular flexibility index (Phi) is 6.89. The predicted molar refractivity (Wildman–Crippen MR) is 108 cm³/mol. The van der Waals surface area contributed by atoms with Crippen molar-refractivity contribution in [3.8, 4) is 0 Å². The Balaban J connectivity index is 1.57. The molecule has 2 aliphatic heterocycles. The molecule has 27 heavy (non-hydrogen) atoms. The second kappa shape index (κ2) is 9.36. The van der Waals surface area contributed by atoms with Crippen LogP contribution >= 0.6 is 0 Å². The third kappa shape index (κ3) is 5.32. The first-order valence-electron chi connectivity index (χ1n) is 10.4. The zero-order chi connectivity index (χ0) is 19.2. The quantitative estimate of drug-likeness (QED) is 0.866. The van der Waals surface area contributed by atoms with Crippen LogP contribution in [0.5, 0.6) is 0 Å². The van der Waals surface area contributed by atoms with Gasteiger partial charge in [0.25, 0.3) is 5.91 Å². The van der Waals surface area contributed by atoms with E-state index in [1.807, 2.05) is 30.3 Å². The van der Waals surface area contributed by atoms with E-state index in [1.165, 1.54) is 0 Å². The number of nitrogens with zero attached hydrogens (tertiary/aromatic N) is 2. The highest BCUT2D eigenvalue weighted by Gasteiger charge is 2.34. The average Bonchev–Trinajstić information content (AvgIpc) is 2.69. The van der Waals surface area contributed by atoms with E-state index < -0.39 is 0 Å². The number of amides is 2. The van der Waals surface area contributed by atoms with Gasteiger partial charge < -0.3 is 15.1 Å². The van der Waals surface area contributed by atoms with Crippen molar-refractivity contribution >= 4 is 11.8 Å². The summed E-state index contributed by atoms with van der Waals surface area (Å²) in [6, 6.07) is 9.21. The normalized spacial score (nSPS) is 22.0. The molecule has 1 aromatic rings. The zero-order valence-electron chi connectivity index (χ0n) is 16.7. The highest BCUT2D eigenvalue weighted by Crippen LogP contribution is 2.21. The largest absolute Gasteiger partial charge is 0.351 e. The van der Waals surface area contributed by atoms with Crippen molar-refractivity contribution in [1.82, 2.24) is 15.1 Å². The van der Waals surface area contributed by atoms with Crippen LogP contribution in [-0.4, -0.2) is 59.9 Å². The monoisotopic (exact) mass is 371 g/mol. The molecule has 1 unspecified atom stereocenters. The van der Waals surface area contributed by atoms with Gasteiger partial charge in [-0.2, -0.15) is 0 Å². The van der Waals surface area contributed by atoms with Crippen LogP contribution in [0.1, 0.15) is 56.3 Å².